The van der Waals surface area contributed by atoms with Gasteiger partial charge in [-0.05, 0) is 24.3 Å². The highest BCUT2D eigenvalue weighted by molar-refractivity contribution is 6.04. The van der Waals surface area contributed by atoms with Gasteiger partial charge in [-0.3, -0.25) is 14.2 Å². The minimum atomic E-state index is -4.68. The maximum atomic E-state index is 12.9. The van der Waals surface area contributed by atoms with E-state index in [1.54, 1.807) is 0 Å². The summed E-state index contributed by atoms with van der Waals surface area (Å²) in [7, 11) is 1.29. The Morgan fingerprint density at radius 3 is 2.24 bits per heavy atom. The van der Waals surface area contributed by atoms with Crippen LogP contribution in [0.4, 0.5) is 32.0 Å². The maximum absolute atomic E-state index is 12.9. The molecule has 4 rings (SSSR count). The molecule has 0 atom stereocenters. The lowest BCUT2D eigenvalue weighted by molar-refractivity contribution is -0.141. The van der Waals surface area contributed by atoms with Crippen LogP contribution >= 0.6 is 0 Å². The molecular weight excluding hydrogens is 452 g/mol. The molecule has 3 heterocycles. The molecule has 1 aromatic carbocycles. The van der Waals surface area contributed by atoms with Crippen molar-refractivity contribution in [3.63, 3.8) is 0 Å². The molecule has 0 unspecified atom stereocenters. The summed E-state index contributed by atoms with van der Waals surface area (Å²) in [6, 6.07) is 6.39. The number of carbonyl (C=O) groups is 1. The minimum Gasteiger partial charge on any atom is -0.310 e. The Morgan fingerprint density at radius 1 is 0.909 bits per heavy atom. The topological polar surface area (TPSA) is 63.4 Å². The number of anilines is 1. The van der Waals surface area contributed by atoms with E-state index in [9.17, 15) is 31.1 Å². The van der Waals surface area contributed by atoms with E-state index in [1.165, 1.54) is 48.2 Å². The highest BCUT2D eigenvalue weighted by Crippen LogP contribution is 2.32. The molecule has 0 N–H and O–H groups in total. The number of imidazole rings is 1. The first-order valence-electron chi connectivity index (χ1n) is 9.27. The van der Waals surface area contributed by atoms with Crippen molar-refractivity contribution in [2.75, 3.05) is 11.9 Å². The average molecular weight is 465 g/mol. The summed E-state index contributed by atoms with van der Waals surface area (Å²) in [6.07, 6.45) is -4.20. The van der Waals surface area contributed by atoms with Gasteiger partial charge in [-0.25, -0.2) is 9.97 Å². The first-order valence-corrected chi connectivity index (χ1v) is 9.27. The predicted octanol–water partition coefficient (Wildman–Crippen LogP) is 5.11. The van der Waals surface area contributed by atoms with Crippen LogP contribution in [0.15, 0.2) is 61.2 Å². The standard InChI is InChI=1S/C21H13F6N5O/c1-31(14-6-7-28-17(8-14)21(25,26)27)19(33)15-11-32-16(9-30-18(32)10-29-15)12-2-4-13(5-3-12)20(22,23)24/h2-11H,1H3. The fourth-order valence-electron chi connectivity index (χ4n) is 3.12. The molecule has 4 aromatic rings. The quantitative estimate of drug-likeness (QED) is 0.395. The van der Waals surface area contributed by atoms with E-state index in [1.807, 2.05) is 0 Å². The van der Waals surface area contributed by atoms with Crippen LogP contribution in [0.1, 0.15) is 21.7 Å². The van der Waals surface area contributed by atoms with Crippen molar-refractivity contribution < 1.29 is 31.1 Å². The molecule has 0 saturated carbocycles. The number of nitrogens with zero attached hydrogens (tertiary/aromatic N) is 5. The third-order valence-electron chi connectivity index (χ3n) is 4.85. The van der Waals surface area contributed by atoms with Crippen molar-refractivity contribution in [3.8, 4) is 11.3 Å². The fraction of sp³-hybridized carbons (Fsp3) is 0.143. The van der Waals surface area contributed by atoms with Crippen LogP contribution in [0.3, 0.4) is 0 Å². The van der Waals surface area contributed by atoms with E-state index in [0.29, 0.717) is 16.9 Å². The van der Waals surface area contributed by atoms with Gasteiger partial charge in [0.2, 0.25) is 0 Å². The van der Waals surface area contributed by atoms with Gasteiger partial charge in [0.1, 0.15) is 11.4 Å². The van der Waals surface area contributed by atoms with Gasteiger partial charge in [-0.2, -0.15) is 26.3 Å². The Kier molecular flexibility index (Phi) is 5.30. The molecule has 3 aromatic heterocycles. The highest BCUT2D eigenvalue weighted by atomic mass is 19.4. The zero-order valence-electron chi connectivity index (χ0n) is 16.7. The number of hydrogen-bond acceptors (Lipinski definition) is 4. The van der Waals surface area contributed by atoms with E-state index >= 15 is 0 Å². The van der Waals surface area contributed by atoms with Crippen LogP contribution < -0.4 is 4.90 Å². The molecule has 6 nitrogen and oxygen atoms in total. The summed E-state index contributed by atoms with van der Waals surface area (Å²) in [5.74, 6) is -0.705. The van der Waals surface area contributed by atoms with E-state index < -0.39 is 29.5 Å². The van der Waals surface area contributed by atoms with Gasteiger partial charge in [0, 0.05) is 30.7 Å². The molecule has 0 spiro atoms. The van der Waals surface area contributed by atoms with Gasteiger partial charge in [0.05, 0.1) is 23.7 Å². The second-order valence-electron chi connectivity index (χ2n) is 6.98. The van der Waals surface area contributed by atoms with Crippen molar-refractivity contribution in [2.24, 2.45) is 0 Å². The third kappa shape index (κ3) is 4.36. The molecule has 0 saturated heterocycles. The molecule has 0 fully saturated rings. The molecular formula is C21H13F6N5O. The highest BCUT2D eigenvalue weighted by Gasteiger charge is 2.33. The minimum absolute atomic E-state index is 0.0437. The van der Waals surface area contributed by atoms with Crippen LogP contribution in [0.5, 0.6) is 0 Å². The summed E-state index contributed by atoms with van der Waals surface area (Å²) in [6.45, 7) is 0. The maximum Gasteiger partial charge on any atom is 0.433 e. The number of aromatic nitrogens is 4. The number of benzene rings is 1. The van der Waals surface area contributed by atoms with Crippen molar-refractivity contribution in [1.29, 1.82) is 0 Å². The van der Waals surface area contributed by atoms with Gasteiger partial charge < -0.3 is 4.90 Å². The van der Waals surface area contributed by atoms with Gasteiger partial charge in [0.15, 0.2) is 5.65 Å². The lowest BCUT2D eigenvalue weighted by Crippen LogP contribution is -2.28. The van der Waals surface area contributed by atoms with E-state index in [0.717, 1.165) is 29.3 Å². The van der Waals surface area contributed by atoms with Gasteiger partial charge in [-0.15, -0.1) is 0 Å². The lowest BCUT2D eigenvalue weighted by Gasteiger charge is -2.18. The Bertz CT molecular complexity index is 1330. The van der Waals surface area contributed by atoms with Gasteiger partial charge >= 0.3 is 12.4 Å². The molecule has 33 heavy (non-hydrogen) atoms. The van der Waals surface area contributed by atoms with E-state index in [-0.39, 0.29) is 11.4 Å². The Hall–Kier alpha value is -3.96. The number of hydrogen-bond donors (Lipinski definition) is 0. The summed E-state index contributed by atoms with van der Waals surface area (Å²) in [5.41, 5.74) is -0.970. The summed E-state index contributed by atoms with van der Waals surface area (Å²) >= 11 is 0. The summed E-state index contributed by atoms with van der Waals surface area (Å²) in [4.78, 5) is 25.3. The number of carbonyl (C=O) groups excluding carboxylic acids is 1. The van der Waals surface area contributed by atoms with Crippen LogP contribution in [0, 0.1) is 0 Å². The average Bonchev–Trinajstić information content (AvgIpc) is 3.20. The molecule has 12 heteroatoms. The molecule has 0 bridgehead atoms. The SMILES string of the molecule is CN(C(=O)c1cn2c(-c3ccc(C(F)(F)F)cc3)cnc2cn1)c1ccnc(C(F)(F)F)c1. The van der Waals surface area contributed by atoms with Gasteiger partial charge in [0.25, 0.3) is 5.91 Å². The smallest absolute Gasteiger partial charge is 0.310 e. The van der Waals surface area contributed by atoms with Crippen LogP contribution in [0.2, 0.25) is 0 Å². The Labute approximate surface area is 182 Å². The van der Waals surface area contributed by atoms with E-state index in [4.69, 9.17) is 0 Å². The zero-order chi connectivity index (χ0) is 24.0. The number of alkyl halides is 6. The lowest BCUT2D eigenvalue weighted by atomic mass is 10.1. The Balaban J connectivity index is 1.68. The number of fused-ring (bicyclic) bond motifs is 1. The van der Waals surface area contributed by atoms with Crippen molar-refractivity contribution >= 4 is 17.2 Å². The number of pyridine rings is 1. The third-order valence-corrected chi connectivity index (χ3v) is 4.85. The molecule has 0 aliphatic rings. The normalized spacial score (nSPS) is 12.2. The monoisotopic (exact) mass is 465 g/mol. The fourth-order valence-corrected chi connectivity index (χ4v) is 3.12. The molecule has 0 aliphatic heterocycles. The first-order chi connectivity index (χ1) is 15.4. The van der Waals surface area contributed by atoms with Gasteiger partial charge in [-0.1, -0.05) is 12.1 Å². The summed E-state index contributed by atoms with van der Waals surface area (Å²) < 4.78 is 78.8. The summed E-state index contributed by atoms with van der Waals surface area (Å²) in [5, 5.41) is 0. The molecule has 0 radical (unpaired) electrons. The predicted molar refractivity (Wildman–Crippen MR) is 105 cm³/mol. The van der Waals surface area contributed by atoms with Crippen LogP contribution in [-0.4, -0.2) is 32.3 Å². The van der Waals surface area contributed by atoms with Crippen molar-refractivity contribution in [1.82, 2.24) is 19.4 Å². The first kappa shape index (κ1) is 22.2. The largest absolute Gasteiger partial charge is 0.433 e. The Morgan fingerprint density at radius 2 is 1.61 bits per heavy atom. The molecule has 170 valence electrons. The molecule has 0 aliphatic carbocycles. The second kappa shape index (κ2) is 7.87. The zero-order valence-corrected chi connectivity index (χ0v) is 16.7. The van der Waals surface area contributed by atoms with E-state index in [2.05, 4.69) is 15.0 Å². The number of rotatable bonds is 3. The number of amides is 1. The van der Waals surface area contributed by atoms with Crippen molar-refractivity contribution in [2.45, 2.75) is 12.4 Å². The number of halogens is 6. The van der Waals surface area contributed by atoms with Crippen LogP contribution in [0.25, 0.3) is 16.9 Å². The van der Waals surface area contributed by atoms with Crippen LogP contribution in [-0.2, 0) is 12.4 Å². The van der Waals surface area contributed by atoms with Crippen molar-refractivity contribution in [3.05, 3.63) is 78.1 Å². The molecule has 1 amide bonds. The second-order valence-corrected chi connectivity index (χ2v) is 6.98.